The van der Waals surface area contributed by atoms with Crippen molar-refractivity contribution < 1.29 is 15.0 Å². The normalized spacial score (nSPS) is 23.4. The molecule has 1 aliphatic carbocycles. The summed E-state index contributed by atoms with van der Waals surface area (Å²) in [6.07, 6.45) is 3.85. The molecule has 1 unspecified atom stereocenters. The van der Waals surface area contributed by atoms with Gasteiger partial charge in [0, 0.05) is 34.3 Å². The van der Waals surface area contributed by atoms with Crippen LogP contribution in [0.4, 0.5) is 0 Å². The third-order valence-electron chi connectivity index (χ3n) is 6.11. The van der Waals surface area contributed by atoms with Crippen LogP contribution in [0.3, 0.4) is 0 Å². The van der Waals surface area contributed by atoms with Gasteiger partial charge in [0.2, 0.25) is 5.91 Å². The minimum Gasteiger partial charge on any atom is -0.512 e. The Morgan fingerprint density at radius 1 is 1.23 bits per heavy atom. The molecule has 1 aromatic carbocycles. The van der Waals surface area contributed by atoms with E-state index >= 15 is 0 Å². The first kappa shape index (κ1) is 19.9. The van der Waals surface area contributed by atoms with Gasteiger partial charge < -0.3 is 25.4 Å². The maximum absolute atomic E-state index is 12.0. The Bertz CT molecular complexity index is 1100. The molecule has 5 rings (SSSR count). The SMILES string of the molecule is C=C/C(O)=C1/CC/C1=C(/C)O.C=C1CNC(=O)C2Cc3c([nH]c4ccccc34)CN12. The molecular weight excluding hydrogens is 378 g/mol. The van der Waals surface area contributed by atoms with Crippen molar-refractivity contribution in [2.24, 2.45) is 0 Å². The lowest BCUT2D eigenvalue weighted by molar-refractivity contribution is -0.128. The number of benzene rings is 1. The highest BCUT2D eigenvalue weighted by Gasteiger charge is 2.36. The van der Waals surface area contributed by atoms with Crippen LogP contribution in [-0.2, 0) is 17.8 Å². The predicted octanol–water partition coefficient (Wildman–Crippen LogP) is 4.15. The monoisotopic (exact) mass is 405 g/mol. The molecule has 3 heterocycles. The van der Waals surface area contributed by atoms with Crippen molar-refractivity contribution in [3.8, 4) is 0 Å². The van der Waals surface area contributed by atoms with Gasteiger partial charge in [0.1, 0.15) is 11.8 Å². The summed E-state index contributed by atoms with van der Waals surface area (Å²) < 4.78 is 0. The lowest BCUT2D eigenvalue weighted by atomic mass is 9.84. The number of nitrogens with zero attached hydrogens (tertiary/aromatic N) is 1. The number of rotatable bonds is 1. The Morgan fingerprint density at radius 2 is 1.97 bits per heavy atom. The third kappa shape index (κ3) is 3.38. The first-order valence-corrected chi connectivity index (χ1v) is 10.1. The summed E-state index contributed by atoms with van der Waals surface area (Å²) in [6, 6.07) is 8.18. The number of allylic oxidation sites excluding steroid dienone is 4. The molecule has 1 aromatic heterocycles. The predicted molar refractivity (Wildman–Crippen MR) is 118 cm³/mol. The average Bonchev–Trinajstić information content (AvgIpc) is 3.06. The van der Waals surface area contributed by atoms with E-state index in [0.29, 0.717) is 12.3 Å². The van der Waals surface area contributed by atoms with Gasteiger partial charge in [-0.15, -0.1) is 0 Å². The van der Waals surface area contributed by atoms with E-state index in [1.807, 2.05) is 12.1 Å². The van der Waals surface area contributed by atoms with Gasteiger partial charge in [-0.3, -0.25) is 4.79 Å². The fourth-order valence-electron chi connectivity index (χ4n) is 4.36. The minimum atomic E-state index is -0.104. The second-order valence-corrected chi connectivity index (χ2v) is 7.89. The largest absolute Gasteiger partial charge is 0.512 e. The molecule has 2 fully saturated rings. The summed E-state index contributed by atoms with van der Waals surface area (Å²) in [4.78, 5) is 17.6. The number of H-pyrrole nitrogens is 1. The minimum absolute atomic E-state index is 0.104. The summed E-state index contributed by atoms with van der Waals surface area (Å²) in [5, 5.41) is 22.4. The average molecular weight is 405 g/mol. The smallest absolute Gasteiger partial charge is 0.243 e. The van der Waals surface area contributed by atoms with E-state index in [9.17, 15) is 9.90 Å². The highest BCUT2D eigenvalue weighted by molar-refractivity contribution is 5.88. The van der Waals surface area contributed by atoms with Gasteiger partial charge in [-0.1, -0.05) is 31.4 Å². The molecule has 1 saturated carbocycles. The maximum Gasteiger partial charge on any atom is 0.243 e. The number of piperazine rings is 1. The van der Waals surface area contributed by atoms with Crippen molar-refractivity contribution in [3.63, 3.8) is 0 Å². The van der Waals surface area contributed by atoms with Crippen molar-refractivity contribution in [1.29, 1.82) is 0 Å². The fraction of sp³-hybridized carbons (Fsp3) is 0.292. The van der Waals surface area contributed by atoms with Gasteiger partial charge in [0.05, 0.1) is 18.8 Å². The lowest BCUT2D eigenvalue weighted by Gasteiger charge is -2.41. The number of para-hydroxylation sites is 1. The van der Waals surface area contributed by atoms with Crippen LogP contribution in [0.5, 0.6) is 0 Å². The summed E-state index contributed by atoms with van der Waals surface area (Å²) in [7, 11) is 0. The van der Waals surface area contributed by atoms with Gasteiger partial charge in [0.15, 0.2) is 0 Å². The van der Waals surface area contributed by atoms with Crippen LogP contribution in [0.2, 0.25) is 0 Å². The zero-order valence-electron chi connectivity index (χ0n) is 17.2. The zero-order chi connectivity index (χ0) is 21.4. The Hall–Kier alpha value is -3.41. The molecule has 1 amide bonds. The van der Waals surface area contributed by atoms with Gasteiger partial charge >= 0.3 is 0 Å². The van der Waals surface area contributed by atoms with Crippen LogP contribution in [-0.4, -0.2) is 38.6 Å². The first-order valence-electron chi connectivity index (χ1n) is 10.1. The second kappa shape index (κ2) is 7.78. The van der Waals surface area contributed by atoms with Crippen molar-refractivity contribution in [1.82, 2.24) is 15.2 Å². The van der Waals surface area contributed by atoms with Crippen LogP contribution in [0, 0.1) is 0 Å². The fourth-order valence-corrected chi connectivity index (χ4v) is 4.36. The van der Waals surface area contributed by atoms with Crippen LogP contribution >= 0.6 is 0 Å². The summed E-state index contributed by atoms with van der Waals surface area (Å²) in [6.45, 7) is 10.4. The van der Waals surface area contributed by atoms with E-state index in [4.69, 9.17) is 5.11 Å². The number of hydrogen-bond donors (Lipinski definition) is 4. The molecule has 2 aromatic rings. The van der Waals surface area contributed by atoms with E-state index in [1.54, 1.807) is 6.92 Å². The van der Waals surface area contributed by atoms with Crippen molar-refractivity contribution in [3.05, 3.63) is 83.1 Å². The maximum atomic E-state index is 12.0. The van der Waals surface area contributed by atoms with Crippen LogP contribution in [0.25, 0.3) is 10.9 Å². The zero-order valence-corrected chi connectivity index (χ0v) is 17.2. The molecule has 6 heteroatoms. The molecule has 1 saturated heterocycles. The van der Waals surface area contributed by atoms with Crippen molar-refractivity contribution in [2.45, 2.75) is 38.8 Å². The summed E-state index contributed by atoms with van der Waals surface area (Å²) >= 11 is 0. The number of carbonyl (C=O) groups is 1. The summed E-state index contributed by atoms with van der Waals surface area (Å²) in [5.41, 5.74) is 6.34. The molecule has 30 heavy (non-hydrogen) atoms. The molecule has 3 aliphatic rings. The van der Waals surface area contributed by atoms with E-state index in [1.165, 1.54) is 22.7 Å². The second-order valence-electron chi connectivity index (χ2n) is 7.89. The molecule has 0 radical (unpaired) electrons. The van der Waals surface area contributed by atoms with E-state index in [-0.39, 0.29) is 17.7 Å². The molecule has 0 spiro atoms. The Kier molecular flexibility index (Phi) is 5.16. The number of aliphatic hydroxyl groups is 2. The number of aliphatic hydroxyl groups excluding tert-OH is 2. The Balaban J connectivity index is 0.000000170. The topological polar surface area (TPSA) is 88.6 Å². The highest BCUT2D eigenvalue weighted by Crippen LogP contribution is 2.36. The molecule has 6 nitrogen and oxygen atoms in total. The lowest BCUT2D eigenvalue weighted by Crippen LogP contribution is -2.55. The number of nitrogens with one attached hydrogen (secondary N) is 2. The Labute approximate surface area is 175 Å². The van der Waals surface area contributed by atoms with Crippen molar-refractivity contribution >= 4 is 16.8 Å². The number of carbonyl (C=O) groups excluding carboxylic acids is 1. The number of fused-ring (bicyclic) bond motifs is 4. The third-order valence-corrected chi connectivity index (χ3v) is 6.11. The van der Waals surface area contributed by atoms with E-state index < -0.39 is 0 Å². The molecule has 156 valence electrons. The van der Waals surface area contributed by atoms with Crippen LogP contribution < -0.4 is 5.32 Å². The van der Waals surface area contributed by atoms with Gasteiger partial charge in [-0.2, -0.15) is 0 Å². The summed E-state index contributed by atoms with van der Waals surface area (Å²) in [5.74, 6) is 0.614. The van der Waals surface area contributed by atoms with Gasteiger partial charge in [0.25, 0.3) is 0 Å². The standard InChI is InChI=1S/C15H15N3O.C9H12O2/c1-9-7-16-15(19)14-6-11-10-4-2-3-5-12(10)17-13(11)8-18(9)14;1-3-9(11)8-5-4-7(8)6(2)10/h2-5,14,17H,1,6-8H2,(H,16,19);3,10-11H,1,4-5H2,2H3/b;7-6+,9-8+. The first-order chi connectivity index (χ1) is 14.4. The van der Waals surface area contributed by atoms with Gasteiger partial charge in [-0.25, -0.2) is 0 Å². The number of amides is 1. The highest BCUT2D eigenvalue weighted by atomic mass is 16.3. The van der Waals surface area contributed by atoms with E-state index in [0.717, 1.165) is 48.2 Å². The van der Waals surface area contributed by atoms with Crippen LogP contribution in [0.15, 0.2) is 71.9 Å². The number of aromatic amines is 1. The van der Waals surface area contributed by atoms with E-state index in [2.05, 4.69) is 40.5 Å². The molecular formula is C24H27N3O3. The Morgan fingerprint density at radius 3 is 2.63 bits per heavy atom. The molecule has 1 atom stereocenters. The molecule has 0 bridgehead atoms. The van der Waals surface area contributed by atoms with Gasteiger partial charge in [-0.05, 0) is 43.0 Å². The molecule has 2 aliphatic heterocycles. The quantitative estimate of drug-likeness (QED) is 0.537. The molecule has 4 N–H and O–H groups in total. The van der Waals surface area contributed by atoms with Crippen molar-refractivity contribution in [2.75, 3.05) is 6.54 Å². The number of aromatic nitrogens is 1. The number of hydrogen-bond acceptors (Lipinski definition) is 4. The van der Waals surface area contributed by atoms with Crippen LogP contribution in [0.1, 0.15) is 31.0 Å².